The fourth-order valence-corrected chi connectivity index (χ4v) is 1.99. The second-order valence-corrected chi connectivity index (χ2v) is 4.02. The molecule has 1 N–H and O–H groups in total. The van der Waals surface area contributed by atoms with Crippen molar-refractivity contribution in [1.82, 2.24) is 9.78 Å². The van der Waals surface area contributed by atoms with Crippen LogP contribution in [0, 0.1) is 6.92 Å². The minimum absolute atomic E-state index is 0.0208. The molecule has 0 atom stereocenters. The molecule has 0 aliphatic heterocycles. The van der Waals surface area contributed by atoms with Crippen LogP contribution in [0.2, 0.25) is 5.15 Å². The van der Waals surface area contributed by atoms with E-state index in [0.717, 1.165) is 0 Å². The minimum atomic E-state index is -1.09. The molecule has 0 aliphatic rings. The molecule has 2 aromatic rings. The number of hydrogen-bond acceptors (Lipinski definition) is 3. The van der Waals surface area contributed by atoms with Crippen LogP contribution in [0.4, 0.5) is 0 Å². The first-order chi connectivity index (χ1) is 8.54. The molecule has 0 saturated heterocycles. The molecular weight excluding hydrogens is 256 g/mol. The maximum atomic E-state index is 11.0. The third-order valence-electron chi connectivity index (χ3n) is 2.53. The van der Waals surface area contributed by atoms with E-state index in [-0.39, 0.29) is 10.7 Å². The lowest BCUT2D eigenvalue weighted by Gasteiger charge is -2.04. The van der Waals surface area contributed by atoms with E-state index < -0.39 is 5.97 Å². The molecule has 0 aliphatic carbocycles. The number of rotatable bonds is 3. The minimum Gasteiger partial charge on any atom is -0.497 e. The number of carboxylic acid groups (broad SMARTS) is 1. The standard InChI is InChI=1S/C12H11ClN2O3/c1-7-10(12(16)17)11(13)15(14-7)8-3-5-9(18-2)6-4-8/h3-6H,1-2H3,(H,16,17). The Bertz CT molecular complexity index is 590. The third kappa shape index (κ3) is 2.04. The lowest BCUT2D eigenvalue weighted by atomic mass is 10.2. The molecule has 5 nitrogen and oxygen atoms in total. The summed E-state index contributed by atoms with van der Waals surface area (Å²) in [5.74, 6) is -0.380. The van der Waals surface area contributed by atoms with Crippen molar-refractivity contribution in [1.29, 1.82) is 0 Å². The van der Waals surface area contributed by atoms with Crippen molar-refractivity contribution >= 4 is 17.6 Å². The summed E-state index contributed by atoms with van der Waals surface area (Å²) in [6.45, 7) is 1.61. The average molecular weight is 267 g/mol. The molecule has 0 unspecified atom stereocenters. The Hall–Kier alpha value is -2.01. The normalized spacial score (nSPS) is 10.4. The average Bonchev–Trinajstić information content (AvgIpc) is 2.65. The van der Waals surface area contributed by atoms with E-state index in [1.54, 1.807) is 38.3 Å². The SMILES string of the molecule is COc1ccc(-n2nc(C)c(C(=O)O)c2Cl)cc1. The molecule has 6 heteroatoms. The summed E-state index contributed by atoms with van der Waals surface area (Å²) < 4.78 is 6.43. The number of carboxylic acids is 1. The molecular formula is C12H11ClN2O3. The van der Waals surface area contributed by atoms with Gasteiger partial charge in [0.05, 0.1) is 18.5 Å². The highest BCUT2D eigenvalue weighted by Crippen LogP contribution is 2.24. The number of methoxy groups -OCH3 is 1. The summed E-state index contributed by atoms with van der Waals surface area (Å²) in [5.41, 5.74) is 1.08. The second kappa shape index (κ2) is 4.70. The van der Waals surface area contributed by atoms with Crippen LogP contribution < -0.4 is 4.74 Å². The zero-order chi connectivity index (χ0) is 13.3. The van der Waals surface area contributed by atoms with Crippen molar-refractivity contribution in [3.63, 3.8) is 0 Å². The van der Waals surface area contributed by atoms with Crippen LogP contribution in [0.5, 0.6) is 5.75 Å². The summed E-state index contributed by atoms with van der Waals surface area (Å²) in [6, 6.07) is 7.01. The van der Waals surface area contributed by atoms with Crippen LogP contribution in [0.25, 0.3) is 5.69 Å². The lowest BCUT2D eigenvalue weighted by molar-refractivity contribution is 0.0696. The molecule has 18 heavy (non-hydrogen) atoms. The van der Waals surface area contributed by atoms with Gasteiger partial charge in [0.2, 0.25) is 0 Å². The summed E-state index contributed by atoms with van der Waals surface area (Å²) in [7, 11) is 1.57. The van der Waals surface area contributed by atoms with Crippen LogP contribution in [0.3, 0.4) is 0 Å². The second-order valence-electron chi connectivity index (χ2n) is 3.67. The zero-order valence-electron chi connectivity index (χ0n) is 9.85. The van der Waals surface area contributed by atoms with Crippen LogP contribution in [-0.2, 0) is 0 Å². The molecule has 1 aromatic heterocycles. The zero-order valence-corrected chi connectivity index (χ0v) is 10.6. The Labute approximate surface area is 109 Å². The number of aromatic nitrogens is 2. The van der Waals surface area contributed by atoms with Crippen molar-refractivity contribution in [3.05, 3.63) is 40.7 Å². The number of carbonyl (C=O) groups is 1. The summed E-state index contributed by atoms with van der Waals surface area (Å²) in [6.07, 6.45) is 0. The van der Waals surface area contributed by atoms with Gasteiger partial charge in [0, 0.05) is 0 Å². The molecule has 0 radical (unpaired) electrons. The van der Waals surface area contributed by atoms with E-state index in [1.165, 1.54) is 4.68 Å². The van der Waals surface area contributed by atoms with Gasteiger partial charge in [-0.2, -0.15) is 5.10 Å². The predicted molar refractivity (Wildman–Crippen MR) is 66.8 cm³/mol. The molecule has 2 rings (SSSR count). The Morgan fingerprint density at radius 1 is 1.39 bits per heavy atom. The fraction of sp³-hybridized carbons (Fsp3) is 0.167. The number of benzene rings is 1. The van der Waals surface area contributed by atoms with Gasteiger partial charge in [-0.05, 0) is 31.2 Å². The smallest absolute Gasteiger partial charge is 0.340 e. The quantitative estimate of drug-likeness (QED) is 0.927. The van der Waals surface area contributed by atoms with Gasteiger partial charge in [-0.25, -0.2) is 9.48 Å². The van der Waals surface area contributed by atoms with E-state index >= 15 is 0 Å². The molecule has 0 bridgehead atoms. The molecule has 0 amide bonds. The van der Waals surface area contributed by atoms with E-state index in [0.29, 0.717) is 17.1 Å². The Morgan fingerprint density at radius 2 is 2.00 bits per heavy atom. The van der Waals surface area contributed by atoms with Gasteiger partial charge >= 0.3 is 5.97 Å². The molecule has 0 saturated carbocycles. The number of hydrogen-bond donors (Lipinski definition) is 1. The van der Waals surface area contributed by atoms with E-state index in [2.05, 4.69) is 5.10 Å². The lowest BCUT2D eigenvalue weighted by Crippen LogP contribution is -1.99. The van der Waals surface area contributed by atoms with Gasteiger partial charge in [-0.15, -0.1) is 0 Å². The van der Waals surface area contributed by atoms with E-state index in [4.69, 9.17) is 21.4 Å². The molecule has 0 fully saturated rings. The van der Waals surface area contributed by atoms with Gasteiger partial charge < -0.3 is 9.84 Å². The van der Waals surface area contributed by atoms with Crippen molar-refractivity contribution in [2.75, 3.05) is 7.11 Å². The Balaban J connectivity index is 2.50. The van der Waals surface area contributed by atoms with E-state index in [1.807, 2.05) is 0 Å². The monoisotopic (exact) mass is 266 g/mol. The van der Waals surface area contributed by atoms with Gasteiger partial charge in [0.15, 0.2) is 0 Å². The van der Waals surface area contributed by atoms with Gasteiger partial charge in [0.1, 0.15) is 16.5 Å². The third-order valence-corrected chi connectivity index (χ3v) is 2.88. The van der Waals surface area contributed by atoms with Crippen molar-refractivity contribution in [3.8, 4) is 11.4 Å². The Kier molecular flexibility index (Phi) is 3.25. The maximum Gasteiger partial charge on any atom is 0.340 e. The first-order valence-corrected chi connectivity index (χ1v) is 5.55. The number of nitrogens with zero attached hydrogens (tertiary/aromatic N) is 2. The Morgan fingerprint density at radius 3 is 2.44 bits per heavy atom. The van der Waals surface area contributed by atoms with Crippen molar-refractivity contribution in [2.24, 2.45) is 0 Å². The van der Waals surface area contributed by atoms with Gasteiger partial charge in [-0.3, -0.25) is 0 Å². The molecule has 0 spiro atoms. The van der Waals surface area contributed by atoms with Gasteiger partial charge in [0.25, 0.3) is 0 Å². The van der Waals surface area contributed by atoms with E-state index in [9.17, 15) is 4.79 Å². The largest absolute Gasteiger partial charge is 0.497 e. The number of aromatic carboxylic acids is 1. The highest BCUT2D eigenvalue weighted by atomic mass is 35.5. The number of aryl methyl sites for hydroxylation is 1. The highest BCUT2D eigenvalue weighted by Gasteiger charge is 2.20. The van der Waals surface area contributed by atoms with Crippen LogP contribution in [0.1, 0.15) is 16.1 Å². The van der Waals surface area contributed by atoms with Crippen molar-refractivity contribution < 1.29 is 14.6 Å². The molecule has 1 heterocycles. The maximum absolute atomic E-state index is 11.0. The van der Waals surface area contributed by atoms with Crippen molar-refractivity contribution in [2.45, 2.75) is 6.92 Å². The van der Waals surface area contributed by atoms with Crippen LogP contribution in [0.15, 0.2) is 24.3 Å². The van der Waals surface area contributed by atoms with Gasteiger partial charge in [-0.1, -0.05) is 11.6 Å². The number of halogens is 1. The summed E-state index contributed by atoms with van der Waals surface area (Å²) >= 11 is 6.02. The molecule has 94 valence electrons. The predicted octanol–water partition coefficient (Wildman–Crippen LogP) is 2.54. The fourth-order valence-electron chi connectivity index (χ4n) is 1.64. The van der Waals surface area contributed by atoms with Crippen LogP contribution >= 0.6 is 11.6 Å². The topological polar surface area (TPSA) is 64.4 Å². The van der Waals surface area contributed by atoms with Crippen LogP contribution in [-0.4, -0.2) is 28.0 Å². The first-order valence-electron chi connectivity index (χ1n) is 5.17. The first kappa shape index (κ1) is 12.4. The summed E-state index contributed by atoms with van der Waals surface area (Å²) in [4.78, 5) is 11.0. The number of ether oxygens (including phenoxy) is 1. The molecule has 1 aromatic carbocycles. The highest BCUT2D eigenvalue weighted by molar-refractivity contribution is 6.32. The summed E-state index contributed by atoms with van der Waals surface area (Å²) in [5, 5.41) is 13.2.